The highest BCUT2D eigenvalue weighted by atomic mass is 32.2. The molecule has 4 amide bonds. The van der Waals surface area contributed by atoms with Gasteiger partial charge in [0.25, 0.3) is 0 Å². The van der Waals surface area contributed by atoms with Gasteiger partial charge in [-0.05, 0) is 39.3 Å². The minimum absolute atomic E-state index is 0.0806. The van der Waals surface area contributed by atoms with Gasteiger partial charge in [-0.2, -0.15) is 0 Å². The SMILES string of the molecule is COC(=O)CNC(=O)CNC(=O)C(C)NCCCOC(=O)[C@@H]1N2C(=O)[C@@H](NC(=O)Cc3ccccc3)[C@H]2SC1(C)C. The van der Waals surface area contributed by atoms with Crippen molar-refractivity contribution in [3.63, 3.8) is 0 Å². The Morgan fingerprint density at radius 1 is 1.05 bits per heavy atom. The van der Waals surface area contributed by atoms with E-state index in [4.69, 9.17) is 4.74 Å². The fourth-order valence-electron chi connectivity index (χ4n) is 4.49. The largest absolute Gasteiger partial charge is 0.468 e. The van der Waals surface area contributed by atoms with Gasteiger partial charge in [0.1, 0.15) is 24.0 Å². The molecule has 2 heterocycles. The maximum absolute atomic E-state index is 13.0. The number of nitrogens with zero attached hydrogens (tertiary/aromatic N) is 1. The van der Waals surface area contributed by atoms with Gasteiger partial charge in [0, 0.05) is 4.75 Å². The van der Waals surface area contributed by atoms with Crippen LogP contribution in [0.5, 0.6) is 0 Å². The zero-order chi connectivity index (χ0) is 30.2. The van der Waals surface area contributed by atoms with Crippen LogP contribution in [0.25, 0.3) is 0 Å². The number of carbonyl (C=O) groups excluding carboxylic acids is 6. The summed E-state index contributed by atoms with van der Waals surface area (Å²) in [5, 5.41) is 10.2. The lowest BCUT2D eigenvalue weighted by atomic mass is 9.96. The first-order valence-corrected chi connectivity index (χ1v) is 14.2. The monoisotopic (exact) mass is 591 g/mol. The molecule has 0 saturated carbocycles. The first-order chi connectivity index (χ1) is 19.4. The maximum atomic E-state index is 13.0. The second-order valence-electron chi connectivity index (χ2n) is 10.2. The number of hydrogen-bond donors (Lipinski definition) is 4. The Labute approximate surface area is 242 Å². The number of rotatable bonds is 14. The standard InChI is InChI=1S/C27H37N5O8S/c1-16(23(36)30-14-19(34)29-15-20(35)39-4)28-11-8-12-40-26(38)22-27(2,3)41-25-21(24(37)32(22)25)31-18(33)13-17-9-6-5-7-10-17/h5-7,9-10,16,21-22,25,28H,8,11-15H2,1-4H3,(H,29,34)(H,30,36)(H,31,33)/t16?,21-,22+,25-/m1/s1. The zero-order valence-corrected chi connectivity index (χ0v) is 24.4. The number of hydrogen-bond acceptors (Lipinski definition) is 10. The lowest BCUT2D eigenvalue weighted by Crippen LogP contribution is -2.70. The predicted octanol–water partition coefficient (Wildman–Crippen LogP) is -0.907. The van der Waals surface area contributed by atoms with E-state index in [1.807, 2.05) is 44.2 Å². The maximum Gasteiger partial charge on any atom is 0.330 e. The summed E-state index contributed by atoms with van der Waals surface area (Å²) in [6.07, 6.45) is 0.580. The number of thioether (sulfide) groups is 1. The number of methoxy groups -OCH3 is 1. The normalized spacial score (nSPS) is 21.1. The third-order valence-corrected chi connectivity index (χ3v) is 8.25. The van der Waals surface area contributed by atoms with E-state index in [9.17, 15) is 28.8 Å². The molecule has 14 heteroatoms. The summed E-state index contributed by atoms with van der Waals surface area (Å²) in [4.78, 5) is 74.7. The Hall–Kier alpha value is -3.65. The van der Waals surface area contributed by atoms with Crippen molar-refractivity contribution in [1.82, 2.24) is 26.2 Å². The lowest BCUT2D eigenvalue weighted by Gasteiger charge is -2.44. The molecule has 3 rings (SSSR count). The van der Waals surface area contributed by atoms with E-state index in [2.05, 4.69) is 26.0 Å². The fraction of sp³-hybridized carbons (Fsp3) is 0.556. The van der Waals surface area contributed by atoms with Crippen LogP contribution < -0.4 is 21.3 Å². The van der Waals surface area contributed by atoms with Crippen LogP contribution >= 0.6 is 11.8 Å². The van der Waals surface area contributed by atoms with Crippen molar-refractivity contribution in [3.8, 4) is 0 Å². The summed E-state index contributed by atoms with van der Waals surface area (Å²) in [6.45, 7) is 5.23. The molecule has 0 aliphatic carbocycles. The van der Waals surface area contributed by atoms with E-state index in [-0.39, 0.29) is 43.3 Å². The van der Waals surface area contributed by atoms with Gasteiger partial charge >= 0.3 is 11.9 Å². The van der Waals surface area contributed by atoms with Crippen LogP contribution in [0.3, 0.4) is 0 Å². The Bertz CT molecular complexity index is 1150. The molecule has 2 saturated heterocycles. The van der Waals surface area contributed by atoms with Gasteiger partial charge in [-0.15, -0.1) is 11.8 Å². The molecular formula is C27H37N5O8S. The van der Waals surface area contributed by atoms with Gasteiger partial charge < -0.3 is 35.6 Å². The number of ether oxygens (including phenoxy) is 2. The molecule has 0 radical (unpaired) electrons. The van der Waals surface area contributed by atoms with Crippen molar-refractivity contribution in [2.45, 2.75) is 61.9 Å². The van der Waals surface area contributed by atoms with Gasteiger partial charge in [-0.1, -0.05) is 30.3 Å². The molecule has 1 aromatic carbocycles. The Morgan fingerprint density at radius 2 is 1.76 bits per heavy atom. The molecule has 2 fully saturated rings. The van der Waals surface area contributed by atoms with E-state index < -0.39 is 46.6 Å². The Morgan fingerprint density at radius 3 is 2.44 bits per heavy atom. The Kier molecular flexibility index (Phi) is 11.1. The average Bonchev–Trinajstić information content (AvgIpc) is 3.20. The van der Waals surface area contributed by atoms with E-state index >= 15 is 0 Å². The molecule has 0 bridgehead atoms. The van der Waals surface area contributed by atoms with Crippen molar-refractivity contribution in [3.05, 3.63) is 35.9 Å². The number of fused-ring (bicyclic) bond motifs is 1. The highest BCUT2D eigenvalue weighted by Gasteiger charge is 2.64. The molecule has 4 atom stereocenters. The lowest BCUT2D eigenvalue weighted by molar-refractivity contribution is -0.164. The summed E-state index contributed by atoms with van der Waals surface area (Å²) in [7, 11) is 1.20. The van der Waals surface area contributed by atoms with E-state index in [0.29, 0.717) is 13.0 Å². The summed E-state index contributed by atoms with van der Waals surface area (Å²) < 4.78 is 9.28. The van der Waals surface area contributed by atoms with Gasteiger partial charge in [0.2, 0.25) is 23.6 Å². The van der Waals surface area contributed by atoms with Gasteiger partial charge in [-0.25, -0.2) is 4.79 Å². The average molecular weight is 592 g/mol. The van der Waals surface area contributed by atoms with E-state index in [1.165, 1.54) is 23.8 Å². The Balaban J connectivity index is 1.36. The molecule has 1 aromatic rings. The van der Waals surface area contributed by atoms with Crippen molar-refractivity contribution in [2.75, 3.05) is 33.4 Å². The molecule has 0 spiro atoms. The quantitative estimate of drug-likeness (QED) is 0.121. The minimum atomic E-state index is -0.782. The minimum Gasteiger partial charge on any atom is -0.468 e. The van der Waals surface area contributed by atoms with Crippen LogP contribution in [0.4, 0.5) is 0 Å². The van der Waals surface area contributed by atoms with Crippen molar-refractivity contribution in [1.29, 1.82) is 0 Å². The van der Waals surface area contributed by atoms with Crippen LogP contribution in [-0.2, 0) is 44.7 Å². The second-order valence-corrected chi connectivity index (χ2v) is 12.0. The number of β-lactam (4-membered cyclic amide) rings is 1. The van der Waals surface area contributed by atoms with Crippen LogP contribution in [0.2, 0.25) is 0 Å². The third-order valence-electron chi connectivity index (χ3n) is 6.68. The number of nitrogens with one attached hydrogen (secondary N) is 4. The molecular weight excluding hydrogens is 554 g/mol. The topological polar surface area (TPSA) is 172 Å². The molecule has 2 aliphatic heterocycles. The molecule has 2 aliphatic rings. The summed E-state index contributed by atoms with van der Waals surface area (Å²) in [5.41, 5.74) is 0.846. The molecule has 41 heavy (non-hydrogen) atoms. The number of amides is 4. The highest BCUT2D eigenvalue weighted by molar-refractivity contribution is 8.01. The second kappa shape index (κ2) is 14.3. The number of carbonyl (C=O) groups is 6. The predicted molar refractivity (Wildman–Crippen MR) is 149 cm³/mol. The number of benzene rings is 1. The van der Waals surface area contributed by atoms with Gasteiger partial charge in [-0.3, -0.25) is 24.0 Å². The van der Waals surface area contributed by atoms with Crippen molar-refractivity contribution in [2.24, 2.45) is 0 Å². The van der Waals surface area contributed by atoms with Gasteiger partial charge in [0.05, 0.1) is 32.7 Å². The summed E-state index contributed by atoms with van der Waals surface area (Å²) >= 11 is 1.46. The van der Waals surface area contributed by atoms with Crippen molar-refractivity contribution < 1.29 is 38.2 Å². The molecule has 13 nitrogen and oxygen atoms in total. The molecule has 4 N–H and O–H groups in total. The van der Waals surface area contributed by atoms with Crippen LogP contribution in [-0.4, -0.2) is 102 Å². The van der Waals surface area contributed by atoms with Crippen LogP contribution in [0.15, 0.2) is 30.3 Å². The first-order valence-electron chi connectivity index (χ1n) is 13.3. The van der Waals surface area contributed by atoms with E-state index in [1.54, 1.807) is 6.92 Å². The first kappa shape index (κ1) is 31.9. The molecule has 224 valence electrons. The fourth-order valence-corrected chi connectivity index (χ4v) is 6.11. The van der Waals surface area contributed by atoms with Crippen LogP contribution in [0, 0.1) is 0 Å². The van der Waals surface area contributed by atoms with Crippen molar-refractivity contribution >= 4 is 47.3 Å². The van der Waals surface area contributed by atoms with E-state index in [0.717, 1.165) is 5.56 Å². The summed E-state index contributed by atoms with van der Waals surface area (Å²) in [6, 6.07) is 7.16. The number of esters is 2. The summed E-state index contributed by atoms with van der Waals surface area (Å²) in [5.74, 6) is -2.62. The van der Waals surface area contributed by atoms with Gasteiger partial charge in [0.15, 0.2) is 0 Å². The third kappa shape index (κ3) is 8.43. The van der Waals surface area contributed by atoms with Crippen LogP contribution in [0.1, 0.15) is 32.8 Å². The highest BCUT2D eigenvalue weighted by Crippen LogP contribution is 2.51. The smallest absolute Gasteiger partial charge is 0.330 e. The zero-order valence-electron chi connectivity index (χ0n) is 23.6. The molecule has 0 aromatic heterocycles. The molecule has 1 unspecified atom stereocenters.